The van der Waals surface area contributed by atoms with E-state index < -0.39 is 11.4 Å². The Morgan fingerprint density at radius 2 is 1.92 bits per heavy atom. The summed E-state index contributed by atoms with van der Waals surface area (Å²) in [6, 6.07) is 0. The first-order chi connectivity index (χ1) is 5.84. The van der Waals surface area contributed by atoms with E-state index in [2.05, 4.69) is 5.32 Å². The summed E-state index contributed by atoms with van der Waals surface area (Å²) < 4.78 is 0. The van der Waals surface area contributed by atoms with E-state index in [0.717, 1.165) is 19.5 Å². The average molecular weight is 189 g/mol. The Hall–Kier alpha value is -0.610. The molecule has 0 aromatic carbocycles. The zero-order valence-electron chi connectivity index (χ0n) is 8.50. The van der Waals surface area contributed by atoms with Crippen LogP contribution in [-0.2, 0) is 4.79 Å². The van der Waals surface area contributed by atoms with Crippen molar-refractivity contribution in [3.05, 3.63) is 0 Å². The summed E-state index contributed by atoms with van der Waals surface area (Å²) >= 11 is 0. The number of aliphatic hydroxyl groups is 1. The first-order valence-corrected chi connectivity index (χ1v) is 4.46. The molecule has 1 aliphatic heterocycles. The highest BCUT2D eigenvalue weighted by molar-refractivity contribution is 5.72. The van der Waals surface area contributed by atoms with Crippen molar-refractivity contribution >= 4 is 5.97 Å². The van der Waals surface area contributed by atoms with Gasteiger partial charge in [-0.05, 0) is 33.7 Å². The van der Waals surface area contributed by atoms with Crippen molar-refractivity contribution in [2.24, 2.45) is 5.41 Å². The van der Waals surface area contributed by atoms with Crippen LogP contribution in [0.15, 0.2) is 0 Å². The number of aliphatic carboxylic acids is 1. The molecule has 13 heavy (non-hydrogen) atoms. The predicted molar refractivity (Wildman–Crippen MR) is 50.6 cm³/mol. The number of hydrogen-bond acceptors (Lipinski definition) is 3. The summed E-state index contributed by atoms with van der Waals surface area (Å²) in [5, 5.41) is 19.9. The molecule has 1 aliphatic rings. The van der Waals surface area contributed by atoms with E-state index in [9.17, 15) is 4.79 Å². The fourth-order valence-electron chi connectivity index (χ4n) is 0.639. The minimum atomic E-state index is -0.757. The van der Waals surface area contributed by atoms with Gasteiger partial charge >= 0.3 is 5.97 Å². The molecule has 0 aliphatic carbocycles. The topological polar surface area (TPSA) is 69.6 Å². The zero-order chi connectivity index (χ0) is 10.5. The highest BCUT2D eigenvalue weighted by Crippen LogP contribution is 2.11. The van der Waals surface area contributed by atoms with Crippen molar-refractivity contribution in [2.45, 2.75) is 33.3 Å². The van der Waals surface area contributed by atoms with Crippen LogP contribution in [0.1, 0.15) is 27.2 Å². The Kier molecular flexibility index (Phi) is 4.95. The zero-order valence-corrected chi connectivity index (χ0v) is 8.50. The molecular formula is C9H19NO3. The molecule has 0 saturated carbocycles. The summed E-state index contributed by atoms with van der Waals surface area (Å²) in [6.07, 6.45) is 0.866. The maximum atomic E-state index is 10.0. The van der Waals surface area contributed by atoms with Crippen molar-refractivity contribution in [2.75, 3.05) is 13.1 Å². The monoisotopic (exact) mass is 189 g/mol. The van der Waals surface area contributed by atoms with Crippen molar-refractivity contribution in [3.8, 4) is 0 Å². The molecule has 1 saturated heterocycles. The molecule has 0 aromatic rings. The molecule has 4 heteroatoms. The second-order valence-electron chi connectivity index (χ2n) is 4.20. The number of aliphatic hydroxyl groups excluding tert-OH is 1. The largest absolute Gasteiger partial charge is 0.481 e. The Labute approximate surface area is 79.0 Å². The van der Waals surface area contributed by atoms with Gasteiger partial charge in [-0.2, -0.15) is 0 Å². The highest BCUT2D eigenvalue weighted by Gasteiger charge is 2.18. The minimum absolute atomic E-state index is 0.0648. The second kappa shape index (κ2) is 5.19. The third kappa shape index (κ3) is 6.54. The van der Waals surface area contributed by atoms with Gasteiger partial charge in [0, 0.05) is 6.54 Å². The van der Waals surface area contributed by atoms with E-state index in [4.69, 9.17) is 10.2 Å². The van der Waals surface area contributed by atoms with Crippen LogP contribution in [-0.4, -0.2) is 35.4 Å². The fourth-order valence-corrected chi connectivity index (χ4v) is 0.639. The van der Waals surface area contributed by atoms with Crippen LogP contribution >= 0.6 is 0 Å². The van der Waals surface area contributed by atoms with Gasteiger partial charge in [0.15, 0.2) is 0 Å². The summed E-state index contributed by atoms with van der Waals surface area (Å²) in [5.41, 5.74) is -0.583. The molecule has 4 nitrogen and oxygen atoms in total. The predicted octanol–water partition coefficient (Wildman–Crippen LogP) is 0.458. The summed E-state index contributed by atoms with van der Waals surface area (Å²) in [5.74, 6) is -0.757. The Morgan fingerprint density at radius 3 is 2.00 bits per heavy atom. The highest BCUT2D eigenvalue weighted by atomic mass is 16.4. The molecule has 1 fully saturated rings. The van der Waals surface area contributed by atoms with E-state index in [1.165, 1.54) is 0 Å². The number of hydrogen-bond donors (Lipinski definition) is 3. The lowest BCUT2D eigenvalue weighted by molar-refractivity contribution is -0.145. The normalized spacial score (nSPS) is 22.0. The van der Waals surface area contributed by atoms with Gasteiger partial charge in [-0.3, -0.25) is 4.79 Å². The van der Waals surface area contributed by atoms with E-state index >= 15 is 0 Å². The van der Waals surface area contributed by atoms with Crippen LogP contribution in [0, 0.1) is 5.41 Å². The minimum Gasteiger partial charge on any atom is -0.481 e. The first kappa shape index (κ1) is 12.4. The Balaban J connectivity index is 0.000000223. The molecule has 1 heterocycles. The first-order valence-electron chi connectivity index (χ1n) is 4.46. The molecule has 3 N–H and O–H groups in total. The van der Waals surface area contributed by atoms with Gasteiger partial charge in [0.1, 0.15) is 0 Å². The smallest absolute Gasteiger partial charge is 0.308 e. The molecular weight excluding hydrogens is 170 g/mol. The third-order valence-corrected chi connectivity index (χ3v) is 1.68. The maximum absolute atomic E-state index is 10.0. The molecule has 0 spiro atoms. The number of carboxylic acids is 1. The SMILES string of the molecule is CC(C)(C)C(=O)O.O[C@@H]1CCNC1. The van der Waals surface area contributed by atoms with Crippen LogP contribution in [0.25, 0.3) is 0 Å². The summed E-state index contributed by atoms with van der Waals surface area (Å²) in [4.78, 5) is 10.0. The fraction of sp³-hybridized carbons (Fsp3) is 0.889. The maximum Gasteiger partial charge on any atom is 0.308 e. The van der Waals surface area contributed by atoms with Gasteiger partial charge in [-0.15, -0.1) is 0 Å². The molecule has 0 aromatic heterocycles. The third-order valence-electron chi connectivity index (χ3n) is 1.68. The van der Waals surface area contributed by atoms with Gasteiger partial charge in [0.05, 0.1) is 11.5 Å². The Morgan fingerprint density at radius 1 is 1.46 bits per heavy atom. The van der Waals surface area contributed by atoms with E-state index in [1.54, 1.807) is 20.8 Å². The van der Waals surface area contributed by atoms with Gasteiger partial charge < -0.3 is 15.5 Å². The van der Waals surface area contributed by atoms with Crippen LogP contribution < -0.4 is 5.32 Å². The molecule has 0 unspecified atom stereocenters. The second-order valence-corrected chi connectivity index (χ2v) is 4.20. The van der Waals surface area contributed by atoms with E-state index in [0.29, 0.717) is 0 Å². The van der Waals surface area contributed by atoms with Crippen LogP contribution in [0.5, 0.6) is 0 Å². The van der Waals surface area contributed by atoms with Crippen molar-refractivity contribution in [3.63, 3.8) is 0 Å². The standard InChI is InChI=1S/C5H10O2.C4H9NO/c1-5(2,3)4(6)7;6-4-1-2-5-3-4/h1-3H3,(H,6,7);4-6H,1-3H2/t;4-/m.1/s1. The van der Waals surface area contributed by atoms with E-state index in [1.807, 2.05) is 0 Å². The lowest BCUT2D eigenvalue weighted by Gasteiger charge is -2.08. The van der Waals surface area contributed by atoms with Gasteiger partial charge in [0.2, 0.25) is 0 Å². The number of rotatable bonds is 0. The quantitative estimate of drug-likeness (QED) is 0.517. The van der Waals surface area contributed by atoms with Gasteiger partial charge in [-0.1, -0.05) is 0 Å². The molecule has 1 rings (SSSR count). The van der Waals surface area contributed by atoms with Crippen LogP contribution in [0.4, 0.5) is 0 Å². The molecule has 1 atom stereocenters. The number of β-amino-alcohol motifs (C(OH)–C–C–N with tert-alkyl or cyclic N) is 1. The number of carboxylic acid groups (broad SMARTS) is 1. The average Bonchev–Trinajstić information content (AvgIpc) is 2.38. The summed E-state index contributed by atoms with van der Waals surface area (Å²) in [6.45, 7) is 6.77. The molecule has 0 radical (unpaired) electrons. The number of carbonyl (C=O) groups is 1. The van der Waals surface area contributed by atoms with Crippen LogP contribution in [0.2, 0.25) is 0 Å². The van der Waals surface area contributed by atoms with Crippen molar-refractivity contribution in [1.29, 1.82) is 0 Å². The van der Waals surface area contributed by atoms with Crippen molar-refractivity contribution < 1.29 is 15.0 Å². The lowest BCUT2D eigenvalue weighted by atomic mass is 9.98. The van der Waals surface area contributed by atoms with Gasteiger partial charge in [0.25, 0.3) is 0 Å². The molecule has 78 valence electrons. The van der Waals surface area contributed by atoms with Crippen molar-refractivity contribution in [1.82, 2.24) is 5.32 Å². The molecule has 0 bridgehead atoms. The number of nitrogens with one attached hydrogen (secondary N) is 1. The summed E-state index contributed by atoms with van der Waals surface area (Å²) in [7, 11) is 0. The lowest BCUT2D eigenvalue weighted by Crippen LogP contribution is -2.18. The van der Waals surface area contributed by atoms with Gasteiger partial charge in [-0.25, -0.2) is 0 Å². The molecule has 0 amide bonds. The van der Waals surface area contributed by atoms with E-state index in [-0.39, 0.29) is 6.10 Å². The Bertz CT molecular complexity index is 157. The van der Waals surface area contributed by atoms with Crippen LogP contribution in [0.3, 0.4) is 0 Å².